The average molecular weight is 401 g/mol. The van der Waals surface area contributed by atoms with Gasteiger partial charge < -0.3 is 10.2 Å². The number of fused-ring (bicyclic) bond motifs is 1. The minimum absolute atomic E-state index is 0. The number of benzene rings is 1. The highest BCUT2D eigenvalue weighted by atomic mass is 35.5. The molecule has 0 aliphatic carbocycles. The number of aromatic nitrogens is 2. The molecule has 1 aromatic heterocycles. The van der Waals surface area contributed by atoms with Crippen LogP contribution in [0.15, 0.2) is 36.8 Å². The van der Waals surface area contributed by atoms with Crippen molar-refractivity contribution >= 4 is 30.7 Å². The number of nitrogens with zero attached hydrogens (tertiary/aromatic N) is 3. The van der Waals surface area contributed by atoms with E-state index < -0.39 is 0 Å². The number of carbonyl (C=O) groups is 1. The molecule has 4 rings (SSSR count). The SMILES string of the molecule is Cl.Cl.O=C(c1cncn1-c1ccc(F)cc1)N1CC[C@@H]2CNC[C@@H]2CC1. The highest BCUT2D eigenvalue weighted by molar-refractivity contribution is 5.93. The van der Waals surface area contributed by atoms with Gasteiger partial charge in [-0.1, -0.05) is 0 Å². The zero-order chi connectivity index (χ0) is 16.5. The van der Waals surface area contributed by atoms with E-state index >= 15 is 0 Å². The molecule has 8 heteroatoms. The number of hydrogen-bond acceptors (Lipinski definition) is 3. The Morgan fingerprint density at radius 3 is 2.31 bits per heavy atom. The minimum atomic E-state index is -0.292. The summed E-state index contributed by atoms with van der Waals surface area (Å²) in [6.45, 7) is 3.72. The quantitative estimate of drug-likeness (QED) is 0.842. The van der Waals surface area contributed by atoms with Gasteiger partial charge in [0.15, 0.2) is 0 Å². The smallest absolute Gasteiger partial charge is 0.272 e. The molecule has 1 N–H and O–H groups in total. The Morgan fingerprint density at radius 1 is 1.08 bits per heavy atom. The highest BCUT2D eigenvalue weighted by Crippen LogP contribution is 2.28. The maximum Gasteiger partial charge on any atom is 0.272 e. The fourth-order valence-electron chi connectivity index (χ4n) is 3.84. The summed E-state index contributed by atoms with van der Waals surface area (Å²) in [5.41, 5.74) is 1.28. The van der Waals surface area contributed by atoms with Crippen molar-refractivity contribution in [2.45, 2.75) is 12.8 Å². The largest absolute Gasteiger partial charge is 0.337 e. The Bertz CT molecular complexity index is 723. The van der Waals surface area contributed by atoms with Crippen LogP contribution in [0, 0.1) is 17.7 Å². The lowest BCUT2D eigenvalue weighted by molar-refractivity contribution is 0.0750. The molecule has 2 aliphatic heterocycles. The first-order valence-electron chi connectivity index (χ1n) is 8.50. The van der Waals surface area contributed by atoms with Crippen LogP contribution in [0.2, 0.25) is 0 Å². The topological polar surface area (TPSA) is 50.2 Å². The lowest BCUT2D eigenvalue weighted by atomic mass is 9.92. The number of carbonyl (C=O) groups excluding carboxylic acids is 1. The molecule has 1 amide bonds. The number of imidazole rings is 1. The van der Waals surface area contributed by atoms with Crippen molar-refractivity contribution < 1.29 is 9.18 Å². The van der Waals surface area contributed by atoms with Gasteiger partial charge >= 0.3 is 0 Å². The van der Waals surface area contributed by atoms with Gasteiger partial charge in [0.25, 0.3) is 5.91 Å². The van der Waals surface area contributed by atoms with Crippen molar-refractivity contribution in [2.24, 2.45) is 11.8 Å². The van der Waals surface area contributed by atoms with E-state index in [-0.39, 0.29) is 36.5 Å². The van der Waals surface area contributed by atoms with E-state index in [2.05, 4.69) is 10.3 Å². The van der Waals surface area contributed by atoms with Gasteiger partial charge in [0.2, 0.25) is 0 Å². The highest BCUT2D eigenvalue weighted by Gasteiger charge is 2.32. The van der Waals surface area contributed by atoms with Crippen LogP contribution >= 0.6 is 24.8 Å². The summed E-state index contributed by atoms with van der Waals surface area (Å²) in [6, 6.07) is 6.10. The zero-order valence-corrected chi connectivity index (χ0v) is 15.9. The molecule has 0 unspecified atom stereocenters. The maximum atomic E-state index is 13.1. The molecule has 2 saturated heterocycles. The van der Waals surface area contributed by atoms with Crippen LogP contribution in [0.3, 0.4) is 0 Å². The van der Waals surface area contributed by atoms with Crippen molar-refractivity contribution in [3.05, 3.63) is 48.3 Å². The third kappa shape index (κ3) is 4.03. The van der Waals surface area contributed by atoms with Crippen LogP contribution in [0.25, 0.3) is 5.69 Å². The average Bonchev–Trinajstić information content (AvgIpc) is 3.21. The second-order valence-electron chi connectivity index (χ2n) is 6.67. The molecule has 2 aromatic rings. The molecular weight excluding hydrogens is 378 g/mol. The molecule has 5 nitrogen and oxygen atoms in total. The Morgan fingerprint density at radius 2 is 1.69 bits per heavy atom. The van der Waals surface area contributed by atoms with Crippen molar-refractivity contribution in [1.29, 1.82) is 0 Å². The van der Waals surface area contributed by atoms with Gasteiger partial charge in [-0.15, -0.1) is 24.8 Å². The first kappa shape index (κ1) is 20.7. The molecule has 0 bridgehead atoms. The van der Waals surface area contributed by atoms with Crippen molar-refractivity contribution in [3.63, 3.8) is 0 Å². The number of likely N-dealkylation sites (tertiary alicyclic amines) is 1. The Kier molecular flexibility index (Phi) is 7.03. The molecule has 3 heterocycles. The van der Waals surface area contributed by atoms with Crippen molar-refractivity contribution in [2.75, 3.05) is 26.2 Å². The van der Waals surface area contributed by atoms with Crippen molar-refractivity contribution in [3.8, 4) is 5.69 Å². The van der Waals surface area contributed by atoms with Crippen LogP contribution < -0.4 is 5.32 Å². The number of hydrogen-bond donors (Lipinski definition) is 1. The first-order valence-corrected chi connectivity index (χ1v) is 8.50. The summed E-state index contributed by atoms with van der Waals surface area (Å²) in [5.74, 6) is 1.08. The minimum Gasteiger partial charge on any atom is -0.337 e. The monoisotopic (exact) mass is 400 g/mol. The van der Waals surface area contributed by atoms with E-state index in [0.29, 0.717) is 17.5 Å². The van der Waals surface area contributed by atoms with Crippen LogP contribution in [0.1, 0.15) is 23.3 Å². The normalized spacial score (nSPS) is 22.0. The molecule has 0 radical (unpaired) electrons. The standard InChI is InChI=1S/C18H21FN4O.2ClH/c19-15-1-3-16(4-2-15)23-12-21-11-17(23)18(24)22-7-5-13-9-20-10-14(13)6-8-22;;/h1-4,11-14,20H,5-10H2;2*1H/t13-,14+;;. The van der Waals surface area contributed by atoms with Crippen LogP contribution in [-0.4, -0.2) is 46.5 Å². The summed E-state index contributed by atoms with van der Waals surface area (Å²) in [4.78, 5) is 19.0. The van der Waals surface area contributed by atoms with E-state index in [1.807, 2.05) is 4.90 Å². The van der Waals surface area contributed by atoms with Crippen LogP contribution in [0.4, 0.5) is 4.39 Å². The number of amides is 1. The molecular formula is C18H23Cl2FN4O. The number of rotatable bonds is 2. The second kappa shape index (κ2) is 8.84. The van der Waals surface area contributed by atoms with E-state index in [1.165, 1.54) is 12.1 Å². The zero-order valence-electron chi connectivity index (χ0n) is 14.3. The molecule has 2 atom stereocenters. The van der Waals surface area contributed by atoms with Crippen LogP contribution in [-0.2, 0) is 0 Å². The third-order valence-corrected chi connectivity index (χ3v) is 5.27. The van der Waals surface area contributed by atoms with Gasteiger partial charge in [-0.3, -0.25) is 9.36 Å². The molecule has 26 heavy (non-hydrogen) atoms. The van der Waals surface area contributed by atoms with E-state index in [1.54, 1.807) is 29.2 Å². The van der Waals surface area contributed by atoms with Gasteiger partial charge in [-0.2, -0.15) is 0 Å². The molecule has 2 aliphatic rings. The fourth-order valence-corrected chi connectivity index (χ4v) is 3.84. The Hall–Kier alpha value is -1.63. The van der Waals surface area contributed by atoms with E-state index in [4.69, 9.17) is 0 Å². The summed E-state index contributed by atoms with van der Waals surface area (Å²) >= 11 is 0. The van der Waals surface area contributed by atoms with Gasteiger partial charge in [0.1, 0.15) is 11.5 Å². The summed E-state index contributed by atoms with van der Waals surface area (Å²) in [5, 5.41) is 3.45. The van der Waals surface area contributed by atoms with E-state index in [0.717, 1.165) is 44.7 Å². The molecule has 0 spiro atoms. The summed E-state index contributed by atoms with van der Waals surface area (Å²) in [7, 11) is 0. The van der Waals surface area contributed by atoms with Gasteiger partial charge in [-0.25, -0.2) is 9.37 Å². The molecule has 0 saturated carbocycles. The summed E-state index contributed by atoms with van der Waals surface area (Å²) in [6.07, 6.45) is 5.30. The summed E-state index contributed by atoms with van der Waals surface area (Å²) < 4.78 is 14.9. The van der Waals surface area contributed by atoms with Crippen molar-refractivity contribution in [1.82, 2.24) is 19.8 Å². The first-order chi connectivity index (χ1) is 11.7. The lowest BCUT2D eigenvalue weighted by Gasteiger charge is -2.21. The molecule has 1 aromatic carbocycles. The third-order valence-electron chi connectivity index (χ3n) is 5.27. The fraction of sp³-hybridized carbons (Fsp3) is 0.444. The molecule has 142 valence electrons. The number of halogens is 3. The predicted molar refractivity (Wildman–Crippen MR) is 103 cm³/mol. The van der Waals surface area contributed by atoms with Gasteiger partial charge in [0.05, 0.1) is 12.5 Å². The van der Waals surface area contributed by atoms with Gasteiger partial charge in [0, 0.05) is 18.8 Å². The van der Waals surface area contributed by atoms with Crippen LogP contribution in [0.5, 0.6) is 0 Å². The predicted octanol–water partition coefficient (Wildman–Crippen LogP) is 2.93. The van der Waals surface area contributed by atoms with E-state index in [9.17, 15) is 9.18 Å². The lowest BCUT2D eigenvalue weighted by Crippen LogP contribution is -2.34. The molecule has 2 fully saturated rings. The number of nitrogens with one attached hydrogen (secondary N) is 1. The second-order valence-corrected chi connectivity index (χ2v) is 6.67. The van der Waals surface area contributed by atoms with Gasteiger partial charge in [-0.05, 0) is 62.0 Å². The maximum absolute atomic E-state index is 13.1. The Balaban J connectivity index is 0.00000121. The Labute approximate surface area is 164 Å².